The van der Waals surface area contributed by atoms with E-state index in [2.05, 4.69) is 4.98 Å². The van der Waals surface area contributed by atoms with E-state index < -0.39 is 6.04 Å². The summed E-state index contributed by atoms with van der Waals surface area (Å²) in [6.45, 7) is 2.28. The maximum absolute atomic E-state index is 13.5. The molecular weight excluding hydrogens is 371 g/mol. The Kier molecular flexibility index (Phi) is 5.25. The molecule has 0 radical (unpaired) electrons. The molecule has 1 atom stereocenters. The number of hydrogen-bond acceptors (Lipinski definition) is 4. The predicted molar refractivity (Wildman–Crippen MR) is 106 cm³/mol. The first-order valence-electron chi connectivity index (χ1n) is 9.64. The Morgan fingerprint density at radius 3 is 2.72 bits per heavy atom. The molecular formula is C23H21FN2O3. The van der Waals surface area contributed by atoms with Gasteiger partial charge in [0, 0.05) is 17.7 Å². The number of nitrogens with zero attached hydrogens (tertiary/aromatic N) is 2. The van der Waals surface area contributed by atoms with Crippen LogP contribution in [0.25, 0.3) is 11.5 Å². The lowest BCUT2D eigenvalue weighted by molar-refractivity contribution is -0.130. The zero-order valence-electron chi connectivity index (χ0n) is 16.1. The molecule has 0 N–H and O–H groups in total. The second-order valence-electron chi connectivity index (χ2n) is 7.18. The SMILES string of the molecule is Cc1oc(-c2cccc(F)c2)nc1CC(=O)N1CCCC1C(=O)c1ccccc1. The van der Waals surface area contributed by atoms with Crippen molar-refractivity contribution in [2.24, 2.45) is 0 Å². The molecule has 1 aliphatic rings. The van der Waals surface area contributed by atoms with E-state index >= 15 is 0 Å². The lowest BCUT2D eigenvalue weighted by atomic mass is 10.0. The molecule has 0 aliphatic carbocycles. The largest absolute Gasteiger partial charge is 0.441 e. The Hall–Kier alpha value is -3.28. The van der Waals surface area contributed by atoms with Crippen LogP contribution in [-0.2, 0) is 11.2 Å². The van der Waals surface area contributed by atoms with Crippen LogP contribution in [-0.4, -0.2) is 34.2 Å². The third kappa shape index (κ3) is 3.97. The topological polar surface area (TPSA) is 63.4 Å². The fraction of sp³-hybridized carbons (Fsp3) is 0.261. The van der Waals surface area contributed by atoms with Gasteiger partial charge in [0.1, 0.15) is 11.6 Å². The molecule has 2 aromatic carbocycles. The fourth-order valence-corrected chi connectivity index (χ4v) is 3.71. The summed E-state index contributed by atoms with van der Waals surface area (Å²) in [5.74, 6) is 0.230. The number of carbonyl (C=O) groups is 2. The van der Waals surface area contributed by atoms with Gasteiger partial charge in [0.15, 0.2) is 5.78 Å². The highest BCUT2D eigenvalue weighted by Gasteiger charge is 2.34. The van der Waals surface area contributed by atoms with E-state index in [0.717, 1.165) is 6.42 Å². The van der Waals surface area contributed by atoms with Crippen molar-refractivity contribution in [2.45, 2.75) is 32.2 Å². The summed E-state index contributed by atoms with van der Waals surface area (Å²) >= 11 is 0. The maximum atomic E-state index is 13.5. The number of amides is 1. The molecule has 4 rings (SSSR count). The van der Waals surface area contributed by atoms with Crippen LogP contribution in [0, 0.1) is 12.7 Å². The van der Waals surface area contributed by atoms with E-state index in [1.165, 1.54) is 12.1 Å². The van der Waals surface area contributed by atoms with Crippen LogP contribution in [0.3, 0.4) is 0 Å². The van der Waals surface area contributed by atoms with Gasteiger partial charge in [-0.3, -0.25) is 9.59 Å². The number of rotatable bonds is 5. The summed E-state index contributed by atoms with van der Waals surface area (Å²) in [5.41, 5.74) is 1.64. The van der Waals surface area contributed by atoms with Gasteiger partial charge in [-0.15, -0.1) is 0 Å². The van der Waals surface area contributed by atoms with Crippen LogP contribution in [0.15, 0.2) is 59.0 Å². The molecule has 1 saturated heterocycles. The van der Waals surface area contributed by atoms with E-state index in [1.807, 2.05) is 18.2 Å². The zero-order chi connectivity index (χ0) is 20.4. The van der Waals surface area contributed by atoms with Gasteiger partial charge in [-0.1, -0.05) is 36.4 Å². The molecule has 1 unspecified atom stereocenters. The Labute approximate surface area is 168 Å². The van der Waals surface area contributed by atoms with Gasteiger partial charge in [0.2, 0.25) is 11.8 Å². The fourth-order valence-electron chi connectivity index (χ4n) is 3.71. The molecule has 29 heavy (non-hydrogen) atoms. The van der Waals surface area contributed by atoms with E-state index in [-0.39, 0.29) is 29.8 Å². The number of Topliss-reactive ketones (excluding diaryl/α,β-unsaturated/α-hetero) is 1. The molecule has 1 amide bonds. The lowest BCUT2D eigenvalue weighted by Gasteiger charge is -2.23. The highest BCUT2D eigenvalue weighted by atomic mass is 19.1. The Bertz CT molecular complexity index is 1050. The number of aryl methyl sites for hydroxylation is 1. The standard InChI is InChI=1S/C23H21FN2O3/c1-15-19(25-23(29-15)17-9-5-10-18(24)13-17)14-21(27)26-12-6-11-20(26)22(28)16-7-3-2-4-8-16/h2-5,7-10,13,20H,6,11-12,14H2,1H3. The number of benzene rings is 2. The molecule has 1 aliphatic heterocycles. The van der Waals surface area contributed by atoms with E-state index in [4.69, 9.17) is 4.42 Å². The zero-order valence-corrected chi connectivity index (χ0v) is 16.1. The minimum atomic E-state index is -0.445. The normalized spacial score (nSPS) is 16.2. The van der Waals surface area contributed by atoms with Crippen molar-refractivity contribution in [2.75, 3.05) is 6.54 Å². The number of carbonyl (C=O) groups excluding carboxylic acids is 2. The third-order valence-corrected chi connectivity index (χ3v) is 5.22. The molecule has 148 valence electrons. The van der Waals surface area contributed by atoms with E-state index in [1.54, 1.807) is 36.1 Å². The molecule has 6 heteroatoms. The molecule has 0 saturated carbocycles. The smallest absolute Gasteiger partial charge is 0.229 e. The Balaban J connectivity index is 1.51. The predicted octanol–water partition coefficient (Wildman–Crippen LogP) is 4.21. The highest BCUT2D eigenvalue weighted by Crippen LogP contribution is 2.25. The lowest BCUT2D eigenvalue weighted by Crippen LogP contribution is -2.41. The Morgan fingerprint density at radius 2 is 1.97 bits per heavy atom. The molecule has 2 heterocycles. The maximum Gasteiger partial charge on any atom is 0.229 e. The van der Waals surface area contributed by atoms with Gasteiger partial charge in [0.25, 0.3) is 0 Å². The van der Waals surface area contributed by atoms with Gasteiger partial charge in [-0.25, -0.2) is 9.37 Å². The van der Waals surface area contributed by atoms with Crippen molar-refractivity contribution in [1.82, 2.24) is 9.88 Å². The van der Waals surface area contributed by atoms with Crippen molar-refractivity contribution in [3.63, 3.8) is 0 Å². The first-order chi connectivity index (χ1) is 14.0. The Morgan fingerprint density at radius 1 is 1.17 bits per heavy atom. The van der Waals surface area contributed by atoms with Gasteiger partial charge in [-0.2, -0.15) is 0 Å². The molecule has 0 spiro atoms. The molecule has 5 nitrogen and oxygen atoms in total. The van der Waals surface area contributed by atoms with E-state index in [9.17, 15) is 14.0 Å². The van der Waals surface area contributed by atoms with Gasteiger partial charge in [-0.05, 0) is 38.0 Å². The number of ketones is 1. The van der Waals surface area contributed by atoms with Crippen LogP contribution in [0.2, 0.25) is 0 Å². The number of hydrogen-bond donors (Lipinski definition) is 0. The highest BCUT2D eigenvalue weighted by molar-refractivity contribution is 6.02. The second-order valence-corrected chi connectivity index (χ2v) is 7.18. The van der Waals surface area contributed by atoms with Crippen LogP contribution in [0.4, 0.5) is 4.39 Å². The molecule has 1 aromatic heterocycles. The monoisotopic (exact) mass is 392 g/mol. The summed E-state index contributed by atoms with van der Waals surface area (Å²) in [7, 11) is 0. The van der Waals surface area contributed by atoms with Crippen LogP contribution >= 0.6 is 0 Å². The number of aromatic nitrogens is 1. The number of likely N-dealkylation sites (tertiary alicyclic amines) is 1. The van der Waals surface area contributed by atoms with Crippen LogP contribution in [0.1, 0.15) is 34.7 Å². The third-order valence-electron chi connectivity index (χ3n) is 5.22. The van der Waals surface area contributed by atoms with Gasteiger partial charge in [0.05, 0.1) is 18.2 Å². The van der Waals surface area contributed by atoms with Crippen molar-refractivity contribution >= 4 is 11.7 Å². The van der Waals surface area contributed by atoms with Crippen molar-refractivity contribution < 1.29 is 18.4 Å². The first kappa shape index (κ1) is 19.1. The van der Waals surface area contributed by atoms with Crippen molar-refractivity contribution in [1.29, 1.82) is 0 Å². The first-order valence-corrected chi connectivity index (χ1v) is 9.64. The van der Waals surface area contributed by atoms with Crippen LogP contribution < -0.4 is 0 Å². The average Bonchev–Trinajstić information content (AvgIpc) is 3.35. The minimum Gasteiger partial charge on any atom is -0.441 e. The number of halogens is 1. The van der Waals surface area contributed by atoms with Gasteiger partial charge >= 0.3 is 0 Å². The van der Waals surface area contributed by atoms with Crippen molar-refractivity contribution in [3.8, 4) is 11.5 Å². The van der Waals surface area contributed by atoms with Crippen LogP contribution in [0.5, 0.6) is 0 Å². The molecule has 1 fully saturated rings. The summed E-state index contributed by atoms with van der Waals surface area (Å²) in [6.07, 6.45) is 1.50. The second kappa shape index (κ2) is 7.99. The van der Waals surface area contributed by atoms with Crippen molar-refractivity contribution in [3.05, 3.63) is 77.4 Å². The average molecular weight is 392 g/mol. The minimum absolute atomic E-state index is 0.0335. The summed E-state index contributed by atoms with van der Waals surface area (Å²) < 4.78 is 19.1. The summed E-state index contributed by atoms with van der Waals surface area (Å²) in [5, 5.41) is 0. The molecule has 0 bridgehead atoms. The molecule has 3 aromatic rings. The summed E-state index contributed by atoms with van der Waals surface area (Å²) in [4.78, 5) is 31.8. The van der Waals surface area contributed by atoms with Gasteiger partial charge < -0.3 is 9.32 Å². The van der Waals surface area contributed by atoms with E-state index in [0.29, 0.717) is 35.5 Å². The quantitative estimate of drug-likeness (QED) is 0.611. The summed E-state index contributed by atoms with van der Waals surface area (Å²) in [6, 6.07) is 14.6. The number of oxazole rings is 1.